The van der Waals surface area contributed by atoms with E-state index < -0.39 is 17.8 Å². The molecule has 0 atom stereocenters. The number of amides is 1. The fraction of sp³-hybridized carbons (Fsp3) is 0.125. The van der Waals surface area contributed by atoms with Crippen molar-refractivity contribution in [2.24, 2.45) is 5.73 Å². The largest absolute Gasteiger partial charge is 1.00 e. The van der Waals surface area contributed by atoms with Crippen LogP contribution in [0.5, 0.6) is 5.75 Å². The second-order valence-electron chi connectivity index (χ2n) is 4.62. The third kappa shape index (κ3) is 5.30. The molecule has 0 radical (unpaired) electrons. The normalized spacial score (nSPS) is 9.54. The molecular weight excluding hydrogens is 427 g/mol. The number of halogens is 1. The Labute approximate surface area is 155 Å². The van der Waals surface area contributed by atoms with Gasteiger partial charge in [-0.2, -0.15) is 4.57 Å². The van der Waals surface area contributed by atoms with E-state index in [9.17, 15) is 14.4 Å². The summed E-state index contributed by atoms with van der Waals surface area (Å²) in [6, 6.07) is 9.42. The predicted octanol–water partition coefficient (Wildman–Crippen LogP) is -2.18. The number of rotatable bonds is 5. The number of nitrogens with zero attached hydrogens (tertiary/aromatic N) is 1. The summed E-state index contributed by atoms with van der Waals surface area (Å²) in [5.74, 6) is -1.64. The van der Waals surface area contributed by atoms with Crippen LogP contribution in [0.2, 0.25) is 0 Å². The Morgan fingerprint density at radius 3 is 2.50 bits per heavy atom. The predicted molar refractivity (Wildman–Crippen MR) is 78.3 cm³/mol. The lowest BCUT2D eigenvalue weighted by Crippen LogP contribution is -3.00. The number of carbonyl (C=O) groups excluding carboxylic acids is 3. The van der Waals surface area contributed by atoms with Gasteiger partial charge in [0.15, 0.2) is 12.4 Å². The lowest BCUT2D eigenvalue weighted by atomic mass is 10.2. The van der Waals surface area contributed by atoms with Crippen molar-refractivity contribution in [1.82, 2.24) is 0 Å². The molecule has 1 amide bonds. The number of primary amides is 1. The zero-order chi connectivity index (χ0) is 16.8. The molecule has 0 aliphatic carbocycles. The van der Waals surface area contributed by atoms with Crippen molar-refractivity contribution < 1.29 is 52.4 Å². The smallest absolute Gasteiger partial charge is 0.346 e. The number of nitrogens with two attached hydrogens (primary N) is 1. The van der Waals surface area contributed by atoms with E-state index in [-0.39, 0.29) is 42.0 Å². The maximum Gasteiger partial charge on any atom is 0.346 e. The van der Waals surface area contributed by atoms with E-state index in [0.717, 1.165) is 0 Å². The van der Waals surface area contributed by atoms with E-state index in [1.807, 2.05) is 0 Å². The molecular formula is C16H15IN2O5. The zero-order valence-electron chi connectivity index (χ0n) is 12.8. The van der Waals surface area contributed by atoms with Crippen LogP contribution in [0.1, 0.15) is 27.6 Å². The first-order valence-electron chi connectivity index (χ1n) is 6.71. The molecule has 1 aromatic heterocycles. The molecule has 0 aliphatic heterocycles. The fourth-order valence-electron chi connectivity index (χ4n) is 1.84. The average molecular weight is 442 g/mol. The van der Waals surface area contributed by atoms with Gasteiger partial charge in [-0.25, -0.2) is 4.79 Å². The van der Waals surface area contributed by atoms with Crippen LogP contribution >= 0.6 is 0 Å². The summed E-state index contributed by atoms with van der Waals surface area (Å²) in [5, 5.41) is 0. The molecule has 2 rings (SSSR count). The maximum absolute atomic E-state index is 12.1. The van der Waals surface area contributed by atoms with Crippen molar-refractivity contribution in [1.29, 1.82) is 0 Å². The van der Waals surface area contributed by atoms with Crippen molar-refractivity contribution in [2.75, 3.05) is 0 Å². The minimum Gasteiger partial charge on any atom is -1.00 e. The van der Waals surface area contributed by atoms with Crippen LogP contribution in [-0.2, 0) is 16.3 Å². The van der Waals surface area contributed by atoms with Gasteiger partial charge in [0.2, 0.25) is 0 Å². The maximum atomic E-state index is 12.1. The molecule has 0 unspecified atom stereocenters. The van der Waals surface area contributed by atoms with Crippen molar-refractivity contribution in [3.05, 3.63) is 59.9 Å². The molecule has 0 saturated carbocycles. The van der Waals surface area contributed by atoms with Crippen LogP contribution in [0.3, 0.4) is 0 Å². The summed E-state index contributed by atoms with van der Waals surface area (Å²) in [5.41, 5.74) is 5.62. The minimum atomic E-state index is -0.654. The highest BCUT2D eigenvalue weighted by Gasteiger charge is 2.17. The fourth-order valence-corrected chi connectivity index (χ4v) is 1.84. The standard InChI is InChI=1S/C16H14N2O5.HI/c1-11(19)23-14-7-3-2-6-13(14)16(21)22-10-18-8-4-5-12(9-18)15(17)20;/h2-9H,10H2,1H3,(H-,17,20);1H. The molecule has 126 valence electrons. The van der Waals surface area contributed by atoms with Gasteiger partial charge in [-0.3, -0.25) is 9.59 Å². The van der Waals surface area contributed by atoms with Crippen LogP contribution in [0, 0.1) is 0 Å². The molecule has 0 aliphatic rings. The average Bonchev–Trinajstić information content (AvgIpc) is 2.53. The van der Waals surface area contributed by atoms with E-state index in [4.69, 9.17) is 15.2 Å². The van der Waals surface area contributed by atoms with Gasteiger partial charge in [0.05, 0.1) is 0 Å². The summed E-state index contributed by atoms with van der Waals surface area (Å²) in [4.78, 5) is 34.3. The number of esters is 2. The van der Waals surface area contributed by atoms with Crippen molar-refractivity contribution in [3.63, 3.8) is 0 Å². The Bertz CT molecular complexity index is 764. The Hall–Kier alpha value is -2.49. The summed E-state index contributed by atoms with van der Waals surface area (Å²) >= 11 is 0. The van der Waals surface area contributed by atoms with Crippen LogP contribution < -0.4 is 39.0 Å². The summed E-state index contributed by atoms with van der Waals surface area (Å²) in [6.07, 6.45) is 3.09. The first-order valence-corrected chi connectivity index (χ1v) is 6.71. The third-order valence-electron chi connectivity index (χ3n) is 2.85. The van der Waals surface area contributed by atoms with E-state index in [0.29, 0.717) is 5.56 Å². The molecule has 7 nitrogen and oxygen atoms in total. The number of pyridine rings is 1. The number of ether oxygens (including phenoxy) is 2. The number of hydrogen-bond acceptors (Lipinski definition) is 5. The lowest BCUT2D eigenvalue weighted by molar-refractivity contribution is -0.727. The Kier molecular flexibility index (Phi) is 7.31. The zero-order valence-corrected chi connectivity index (χ0v) is 14.9. The molecule has 1 heterocycles. The molecule has 2 N–H and O–H groups in total. The molecule has 0 saturated heterocycles. The molecule has 1 aromatic carbocycles. The summed E-state index contributed by atoms with van der Waals surface area (Å²) in [6.45, 7) is 1.13. The Morgan fingerprint density at radius 1 is 1.12 bits per heavy atom. The van der Waals surface area contributed by atoms with Gasteiger partial charge >= 0.3 is 11.9 Å². The number of hydrogen-bond donors (Lipinski definition) is 1. The van der Waals surface area contributed by atoms with E-state index >= 15 is 0 Å². The topological polar surface area (TPSA) is 99.6 Å². The van der Waals surface area contributed by atoms with Gasteiger partial charge in [-0.1, -0.05) is 12.1 Å². The number of carbonyl (C=O) groups is 3. The molecule has 0 fully saturated rings. The first-order chi connectivity index (χ1) is 11.0. The van der Waals surface area contributed by atoms with Crippen LogP contribution in [0.25, 0.3) is 0 Å². The van der Waals surface area contributed by atoms with Gasteiger partial charge in [-0.15, -0.1) is 0 Å². The van der Waals surface area contributed by atoms with Gasteiger partial charge < -0.3 is 39.2 Å². The Morgan fingerprint density at radius 2 is 1.83 bits per heavy atom. The highest BCUT2D eigenvalue weighted by molar-refractivity contribution is 5.93. The number of para-hydroxylation sites is 1. The number of aromatic nitrogens is 1. The van der Waals surface area contributed by atoms with E-state index in [2.05, 4.69) is 0 Å². The second kappa shape index (κ2) is 8.96. The van der Waals surface area contributed by atoms with Crippen molar-refractivity contribution in [3.8, 4) is 5.75 Å². The van der Waals surface area contributed by atoms with Gasteiger partial charge in [0.25, 0.3) is 12.6 Å². The quantitative estimate of drug-likeness (QED) is 0.246. The SMILES string of the molecule is CC(=O)Oc1ccccc1C(=O)OC[n+]1cccc(C(N)=O)c1.[I-]. The summed E-state index contributed by atoms with van der Waals surface area (Å²) in [7, 11) is 0. The molecule has 0 bridgehead atoms. The van der Waals surface area contributed by atoms with E-state index in [1.165, 1.54) is 29.8 Å². The molecule has 8 heteroatoms. The van der Waals surface area contributed by atoms with Crippen molar-refractivity contribution in [2.45, 2.75) is 13.7 Å². The van der Waals surface area contributed by atoms with Crippen LogP contribution in [0.15, 0.2) is 48.8 Å². The van der Waals surface area contributed by atoms with Crippen LogP contribution in [0.4, 0.5) is 0 Å². The minimum absolute atomic E-state index is 0. The lowest BCUT2D eigenvalue weighted by Gasteiger charge is -2.07. The summed E-state index contributed by atoms with van der Waals surface area (Å²) < 4.78 is 11.6. The molecule has 24 heavy (non-hydrogen) atoms. The van der Waals surface area contributed by atoms with Crippen molar-refractivity contribution >= 4 is 17.8 Å². The first kappa shape index (κ1) is 19.6. The van der Waals surface area contributed by atoms with Gasteiger partial charge in [0, 0.05) is 13.0 Å². The highest BCUT2D eigenvalue weighted by Crippen LogP contribution is 2.19. The monoisotopic (exact) mass is 442 g/mol. The highest BCUT2D eigenvalue weighted by atomic mass is 127. The van der Waals surface area contributed by atoms with Gasteiger partial charge in [0.1, 0.15) is 16.9 Å². The third-order valence-corrected chi connectivity index (χ3v) is 2.85. The van der Waals surface area contributed by atoms with Crippen LogP contribution in [-0.4, -0.2) is 17.8 Å². The number of benzene rings is 1. The second-order valence-corrected chi connectivity index (χ2v) is 4.62. The molecule has 0 spiro atoms. The molecule has 2 aromatic rings. The van der Waals surface area contributed by atoms with E-state index in [1.54, 1.807) is 30.5 Å². The van der Waals surface area contributed by atoms with Gasteiger partial charge in [-0.05, 0) is 18.2 Å². The Balaban J connectivity index is 0.00000288.